The summed E-state index contributed by atoms with van der Waals surface area (Å²) < 4.78 is 0. The number of nitrogens with one attached hydrogen (secondary N) is 1. The van der Waals surface area contributed by atoms with Gasteiger partial charge < -0.3 is 16.2 Å². The zero-order chi connectivity index (χ0) is 12.0. The number of benzene rings is 1. The molecule has 2 unspecified atom stereocenters. The lowest BCUT2D eigenvalue weighted by Crippen LogP contribution is -2.37. The average molecular weight is 222 g/mol. The molecule has 16 heavy (non-hydrogen) atoms. The number of nitrogens with two attached hydrogens (primary N) is 1. The molecule has 0 aliphatic heterocycles. The highest BCUT2D eigenvalue weighted by Crippen LogP contribution is 2.17. The SMILES string of the molecule is CC(CC(O)c1ccccc1)NC(=O)CN. The number of carbonyl (C=O) groups excluding carboxylic acids is 1. The number of aliphatic hydroxyl groups is 1. The predicted molar refractivity (Wildman–Crippen MR) is 62.7 cm³/mol. The number of rotatable bonds is 5. The van der Waals surface area contributed by atoms with E-state index in [1.165, 1.54) is 0 Å². The molecule has 0 bridgehead atoms. The molecular formula is C12H18N2O2. The number of hydrogen-bond donors (Lipinski definition) is 3. The van der Waals surface area contributed by atoms with E-state index >= 15 is 0 Å². The van der Waals surface area contributed by atoms with Crippen LogP contribution in [0.5, 0.6) is 0 Å². The minimum atomic E-state index is -0.561. The van der Waals surface area contributed by atoms with Gasteiger partial charge in [-0.05, 0) is 18.9 Å². The molecule has 1 rings (SSSR count). The van der Waals surface area contributed by atoms with Crippen molar-refractivity contribution >= 4 is 5.91 Å². The molecule has 0 spiro atoms. The van der Waals surface area contributed by atoms with E-state index in [-0.39, 0.29) is 18.5 Å². The predicted octanol–water partition coefficient (Wildman–Crippen LogP) is 0.574. The summed E-state index contributed by atoms with van der Waals surface area (Å²) in [4.78, 5) is 11.0. The van der Waals surface area contributed by atoms with Gasteiger partial charge in [-0.25, -0.2) is 0 Å². The summed E-state index contributed by atoms with van der Waals surface area (Å²) in [5, 5.41) is 12.6. The maximum atomic E-state index is 11.0. The van der Waals surface area contributed by atoms with Crippen molar-refractivity contribution in [3.8, 4) is 0 Å². The molecular weight excluding hydrogens is 204 g/mol. The quantitative estimate of drug-likeness (QED) is 0.682. The van der Waals surface area contributed by atoms with Crippen LogP contribution in [0.4, 0.5) is 0 Å². The first kappa shape index (κ1) is 12.7. The van der Waals surface area contributed by atoms with E-state index < -0.39 is 6.10 Å². The second-order valence-electron chi connectivity index (χ2n) is 3.83. The summed E-state index contributed by atoms with van der Waals surface area (Å²) in [6.07, 6.45) is -0.0790. The van der Waals surface area contributed by atoms with Crippen LogP contribution in [0.2, 0.25) is 0 Å². The lowest BCUT2D eigenvalue weighted by Gasteiger charge is -2.17. The number of carbonyl (C=O) groups is 1. The highest BCUT2D eigenvalue weighted by molar-refractivity contribution is 5.77. The molecule has 0 radical (unpaired) electrons. The van der Waals surface area contributed by atoms with Crippen LogP contribution in [0.1, 0.15) is 25.0 Å². The highest BCUT2D eigenvalue weighted by Gasteiger charge is 2.13. The molecule has 88 valence electrons. The smallest absolute Gasteiger partial charge is 0.233 e. The Hall–Kier alpha value is -1.39. The first-order valence-corrected chi connectivity index (χ1v) is 5.36. The molecule has 4 heteroatoms. The fourth-order valence-electron chi connectivity index (χ4n) is 1.54. The fourth-order valence-corrected chi connectivity index (χ4v) is 1.54. The van der Waals surface area contributed by atoms with Crippen molar-refractivity contribution in [2.45, 2.75) is 25.5 Å². The van der Waals surface area contributed by atoms with Crippen LogP contribution in [0.15, 0.2) is 30.3 Å². The van der Waals surface area contributed by atoms with Gasteiger partial charge in [0, 0.05) is 6.04 Å². The van der Waals surface area contributed by atoms with Gasteiger partial charge in [0.1, 0.15) is 0 Å². The van der Waals surface area contributed by atoms with Crippen LogP contribution >= 0.6 is 0 Å². The molecule has 0 aliphatic rings. The van der Waals surface area contributed by atoms with Gasteiger partial charge in [-0.3, -0.25) is 4.79 Å². The normalized spacial score (nSPS) is 14.2. The van der Waals surface area contributed by atoms with E-state index in [0.29, 0.717) is 6.42 Å². The van der Waals surface area contributed by atoms with Gasteiger partial charge >= 0.3 is 0 Å². The Morgan fingerprint density at radius 2 is 2.06 bits per heavy atom. The molecule has 0 fully saturated rings. The van der Waals surface area contributed by atoms with E-state index in [2.05, 4.69) is 5.32 Å². The summed E-state index contributed by atoms with van der Waals surface area (Å²) >= 11 is 0. The van der Waals surface area contributed by atoms with Gasteiger partial charge in [0.25, 0.3) is 0 Å². The highest BCUT2D eigenvalue weighted by atomic mass is 16.3. The first-order chi connectivity index (χ1) is 7.63. The van der Waals surface area contributed by atoms with Crippen molar-refractivity contribution in [3.05, 3.63) is 35.9 Å². The number of amides is 1. The lowest BCUT2D eigenvalue weighted by atomic mass is 10.0. The maximum absolute atomic E-state index is 11.0. The van der Waals surface area contributed by atoms with Crippen molar-refractivity contribution in [1.29, 1.82) is 0 Å². The second-order valence-corrected chi connectivity index (χ2v) is 3.83. The maximum Gasteiger partial charge on any atom is 0.233 e. The minimum absolute atomic E-state index is 0.0221. The van der Waals surface area contributed by atoms with Crippen LogP contribution in [0, 0.1) is 0 Å². The van der Waals surface area contributed by atoms with Crippen molar-refractivity contribution in [2.75, 3.05) is 6.54 Å². The molecule has 4 nitrogen and oxygen atoms in total. The van der Waals surface area contributed by atoms with Gasteiger partial charge in [-0.2, -0.15) is 0 Å². The van der Waals surface area contributed by atoms with Gasteiger partial charge in [0.05, 0.1) is 12.6 Å². The third-order valence-electron chi connectivity index (χ3n) is 2.35. The van der Waals surface area contributed by atoms with Crippen LogP contribution in [0.3, 0.4) is 0 Å². The van der Waals surface area contributed by atoms with E-state index in [9.17, 15) is 9.90 Å². The van der Waals surface area contributed by atoms with Crippen molar-refractivity contribution < 1.29 is 9.90 Å². The van der Waals surface area contributed by atoms with Gasteiger partial charge in [-0.15, -0.1) is 0 Å². The average Bonchev–Trinajstić information content (AvgIpc) is 2.29. The molecule has 0 saturated heterocycles. The Balaban J connectivity index is 2.45. The molecule has 1 aromatic rings. The molecule has 1 aromatic carbocycles. The molecule has 4 N–H and O–H groups in total. The van der Waals surface area contributed by atoms with Crippen molar-refractivity contribution in [2.24, 2.45) is 5.73 Å². The lowest BCUT2D eigenvalue weighted by molar-refractivity contribution is -0.120. The molecule has 2 atom stereocenters. The molecule has 0 aliphatic carbocycles. The monoisotopic (exact) mass is 222 g/mol. The molecule has 1 amide bonds. The summed E-state index contributed by atoms with van der Waals surface area (Å²) in [5.74, 6) is -0.201. The van der Waals surface area contributed by atoms with E-state index in [1.807, 2.05) is 37.3 Å². The Labute approximate surface area is 95.5 Å². The topological polar surface area (TPSA) is 75.3 Å². The standard InChI is InChI=1S/C12H18N2O2/c1-9(14-12(16)8-13)7-11(15)10-5-3-2-4-6-10/h2-6,9,11,15H,7-8,13H2,1H3,(H,14,16). The Bertz CT molecular complexity index is 327. The van der Waals surface area contributed by atoms with Gasteiger partial charge in [-0.1, -0.05) is 30.3 Å². The summed E-state index contributed by atoms with van der Waals surface area (Å²) in [7, 11) is 0. The van der Waals surface area contributed by atoms with Crippen molar-refractivity contribution in [3.63, 3.8) is 0 Å². The zero-order valence-electron chi connectivity index (χ0n) is 9.39. The van der Waals surface area contributed by atoms with Crippen LogP contribution in [-0.4, -0.2) is 23.6 Å². The molecule has 0 heterocycles. The minimum Gasteiger partial charge on any atom is -0.388 e. The number of hydrogen-bond acceptors (Lipinski definition) is 3. The molecule has 0 saturated carbocycles. The van der Waals surface area contributed by atoms with Crippen LogP contribution in [-0.2, 0) is 4.79 Å². The largest absolute Gasteiger partial charge is 0.388 e. The third kappa shape index (κ3) is 4.00. The Morgan fingerprint density at radius 3 is 2.62 bits per heavy atom. The zero-order valence-corrected chi connectivity index (χ0v) is 9.39. The third-order valence-corrected chi connectivity index (χ3v) is 2.35. The van der Waals surface area contributed by atoms with E-state index in [4.69, 9.17) is 5.73 Å². The Kier molecular flexibility index (Phi) is 4.95. The Morgan fingerprint density at radius 1 is 1.44 bits per heavy atom. The fraction of sp³-hybridized carbons (Fsp3) is 0.417. The van der Waals surface area contributed by atoms with Crippen LogP contribution < -0.4 is 11.1 Å². The second kappa shape index (κ2) is 6.25. The van der Waals surface area contributed by atoms with Gasteiger partial charge in [0.2, 0.25) is 5.91 Å². The summed E-state index contributed by atoms with van der Waals surface area (Å²) in [6.45, 7) is 1.82. The number of aliphatic hydroxyl groups excluding tert-OH is 1. The molecule has 0 aromatic heterocycles. The van der Waals surface area contributed by atoms with E-state index in [0.717, 1.165) is 5.56 Å². The summed E-state index contributed by atoms with van der Waals surface area (Å²) in [5.41, 5.74) is 6.05. The van der Waals surface area contributed by atoms with E-state index in [1.54, 1.807) is 0 Å². The van der Waals surface area contributed by atoms with Crippen molar-refractivity contribution in [1.82, 2.24) is 5.32 Å². The summed E-state index contributed by atoms with van der Waals surface area (Å²) in [6, 6.07) is 9.29. The van der Waals surface area contributed by atoms with Gasteiger partial charge in [0.15, 0.2) is 0 Å². The first-order valence-electron chi connectivity index (χ1n) is 5.36. The van der Waals surface area contributed by atoms with Crippen LogP contribution in [0.25, 0.3) is 0 Å².